The number of carbonyl (C=O) groups excluding carboxylic acids is 2. The van der Waals surface area contributed by atoms with Crippen molar-refractivity contribution in [1.29, 1.82) is 0 Å². The van der Waals surface area contributed by atoms with Gasteiger partial charge in [0.25, 0.3) is 5.91 Å². The average molecular weight is 576 g/mol. The highest BCUT2D eigenvalue weighted by atomic mass is 79.9. The lowest BCUT2D eigenvalue weighted by molar-refractivity contribution is -0.132. The van der Waals surface area contributed by atoms with Gasteiger partial charge in [0.1, 0.15) is 6.54 Å². The molecular weight excluding hydrogens is 540 g/mol. The molecule has 1 aromatic heterocycles. The standard InChI is InChI=1S/C31H35BrN4O2/c1-22(2)36(31(38)24-11-13-26(32)14-12-24)21-30(37)35(20-23-9-15-27(16-10-23)34(3)4)18-17-25-19-33-29-8-6-5-7-28(25)29/h5-16,19,22,33H,17-18,20-21H2,1-4H3. The van der Waals surface area contributed by atoms with Crippen LogP contribution in [0.5, 0.6) is 0 Å². The Morgan fingerprint density at radius 2 is 1.61 bits per heavy atom. The molecular formula is C31H35BrN4O2. The fraction of sp³-hybridized carbons (Fsp3) is 0.290. The molecule has 0 aliphatic carbocycles. The van der Waals surface area contributed by atoms with Crippen molar-refractivity contribution in [3.63, 3.8) is 0 Å². The first-order valence-corrected chi connectivity index (χ1v) is 13.7. The van der Waals surface area contributed by atoms with Gasteiger partial charge in [-0.15, -0.1) is 0 Å². The minimum atomic E-state index is -0.146. The SMILES string of the molecule is CC(C)N(CC(=O)N(CCc1c[nH]c2ccccc12)Cc1ccc(N(C)C)cc1)C(=O)c1ccc(Br)cc1. The molecule has 38 heavy (non-hydrogen) atoms. The van der Waals surface area contributed by atoms with Gasteiger partial charge in [0, 0.05) is 66.1 Å². The molecule has 0 aliphatic heterocycles. The van der Waals surface area contributed by atoms with Gasteiger partial charge < -0.3 is 19.7 Å². The fourth-order valence-electron chi connectivity index (χ4n) is 4.50. The van der Waals surface area contributed by atoms with Crippen LogP contribution < -0.4 is 4.90 Å². The second kappa shape index (κ2) is 12.3. The van der Waals surface area contributed by atoms with Crippen molar-refractivity contribution in [3.8, 4) is 0 Å². The van der Waals surface area contributed by atoms with Crippen molar-refractivity contribution in [1.82, 2.24) is 14.8 Å². The summed E-state index contributed by atoms with van der Waals surface area (Å²) in [6.07, 6.45) is 2.74. The van der Waals surface area contributed by atoms with Crippen LogP contribution in [-0.2, 0) is 17.8 Å². The number of amides is 2. The molecule has 3 aromatic carbocycles. The quantitative estimate of drug-likeness (QED) is 0.248. The van der Waals surface area contributed by atoms with Crippen LogP contribution in [0.15, 0.2) is 83.5 Å². The number of fused-ring (bicyclic) bond motifs is 1. The maximum Gasteiger partial charge on any atom is 0.254 e. The number of nitrogens with one attached hydrogen (secondary N) is 1. The highest BCUT2D eigenvalue weighted by Crippen LogP contribution is 2.20. The van der Waals surface area contributed by atoms with Gasteiger partial charge in [0.05, 0.1) is 0 Å². The summed E-state index contributed by atoms with van der Waals surface area (Å²) < 4.78 is 0.907. The molecule has 0 atom stereocenters. The zero-order valence-electron chi connectivity index (χ0n) is 22.4. The van der Waals surface area contributed by atoms with Gasteiger partial charge in [0.2, 0.25) is 5.91 Å². The van der Waals surface area contributed by atoms with E-state index in [4.69, 9.17) is 0 Å². The summed E-state index contributed by atoms with van der Waals surface area (Å²) >= 11 is 3.42. The summed E-state index contributed by atoms with van der Waals surface area (Å²) in [5.41, 5.74) is 4.99. The Bertz CT molecular complexity index is 1380. The summed E-state index contributed by atoms with van der Waals surface area (Å²) in [5, 5.41) is 1.17. The predicted octanol–water partition coefficient (Wildman–Crippen LogP) is 6.12. The number of rotatable bonds is 10. The molecule has 4 rings (SSSR count). The number of halogens is 1. The van der Waals surface area contributed by atoms with Crippen molar-refractivity contribution in [3.05, 3.63) is 100 Å². The Balaban J connectivity index is 1.55. The second-order valence-corrected chi connectivity index (χ2v) is 10.9. The fourth-order valence-corrected chi connectivity index (χ4v) is 4.76. The summed E-state index contributed by atoms with van der Waals surface area (Å²) in [6, 6.07) is 23.6. The zero-order chi connectivity index (χ0) is 27.2. The zero-order valence-corrected chi connectivity index (χ0v) is 24.0. The molecule has 0 radical (unpaired) electrons. The number of hydrogen-bond donors (Lipinski definition) is 1. The molecule has 0 unspecified atom stereocenters. The number of carbonyl (C=O) groups is 2. The number of anilines is 1. The molecule has 2 amide bonds. The third-order valence-electron chi connectivity index (χ3n) is 6.79. The molecule has 0 bridgehead atoms. The number of nitrogens with zero attached hydrogens (tertiary/aromatic N) is 3. The van der Waals surface area contributed by atoms with Crippen LogP contribution in [0.3, 0.4) is 0 Å². The number of benzene rings is 3. The number of aromatic amines is 1. The molecule has 1 heterocycles. The Morgan fingerprint density at radius 1 is 0.921 bits per heavy atom. The molecule has 1 N–H and O–H groups in total. The Hall–Kier alpha value is -3.58. The van der Waals surface area contributed by atoms with Crippen LogP contribution in [0.2, 0.25) is 0 Å². The van der Waals surface area contributed by atoms with Crippen molar-refractivity contribution in [2.45, 2.75) is 32.9 Å². The maximum absolute atomic E-state index is 13.8. The van der Waals surface area contributed by atoms with Crippen molar-refractivity contribution in [2.75, 3.05) is 32.1 Å². The largest absolute Gasteiger partial charge is 0.378 e. The van der Waals surface area contributed by atoms with Crippen LogP contribution >= 0.6 is 15.9 Å². The first kappa shape index (κ1) is 27.5. The van der Waals surface area contributed by atoms with Gasteiger partial charge in [-0.3, -0.25) is 9.59 Å². The Kier molecular flexibility index (Phi) is 8.89. The van der Waals surface area contributed by atoms with Crippen molar-refractivity contribution < 1.29 is 9.59 Å². The Morgan fingerprint density at radius 3 is 2.26 bits per heavy atom. The van der Waals surface area contributed by atoms with E-state index in [1.54, 1.807) is 17.0 Å². The third-order valence-corrected chi connectivity index (χ3v) is 7.31. The van der Waals surface area contributed by atoms with Gasteiger partial charge in [0.15, 0.2) is 0 Å². The Labute approximate surface area is 233 Å². The van der Waals surface area contributed by atoms with Crippen LogP contribution in [0.1, 0.15) is 35.3 Å². The second-order valence-electron chi connectivity index (χ2n) is 10.0. The lowest BCUT2D eigenvalue weighted by Crippen LogP contribution is -2.46. The molecule has 7 heteroatoms. The topological polar surface area (TPSA) is 59.7 Å². The third kappa shape index (κ3) is 6.64. The summed E-state index contributed by atoms with van der Waals surface area (Å²) in [5.74, 6) is -0.214. The highest BCUT2D eigenvalue weighted by molar-refractivity contribution is 9.10. The van der Waals surface area contributed by atoms with Crippen molar-refractivity contribution in [2.24, 2.45) is 0 Å². The average Bonchev–Trinajstić information content (AvgIpc) is 3.32. The van der Waals surface area contributed by atoms with Gasteiger partial charge in [-0.25, -0.2) is 0 Å². The van der Waals surface area contributed by atoms with Gasteiger partial charge in [-0.2, -0.15) is 0 Å². The van der Waals surface area contributed by atoms with Crippen LogP contribution in [0.25, 0.3) is 10.9 Å². The van der Waals surface area contributed by atoms with E-state index in [1.165, 1.54) is 10.9 Å². The predicted molar refractivity (Wildman–Crippen MR) is 159 cm³/mol. The maximum atomic E-state index is 13.8. The molecule has 0 spiro atoms. The summed E-state index contributed by atoms with van der Waals surface area (Å²) in [4.78, 5) is 36.0. The van der Waals surface area contributed by atoms with E-state index >= 15 is 0 Å². The monoisotopic (exact) mass is 574 g/mol. The molecule has 4 aromatic rings. The molecule has 0 fully saturated rings. The summed E-state index contributed by atoms with van der Waals surface area (Å²) in [6.45, 7) is 4.94. The molecule has 0 saturated heterocycles. The molecule has 0 saturated carbocycles. The van der Waals surface area contributed by atoms with E-state index in [9.17, 15) is 9.59 Å². The van der Waals surface area contributed by atoms with Gasteiger partial charge in [-0.1, -0.05) is 46.3 Å². The van der Waals surface area contributed by atoms with E-state index in [0.717, 1.165) is 21.2 Å². The number of para-hydroxylation sites is 1. The first-order chi connectivity index (χ1) is 18.2. The first-order valence-electron chi connectivity index (χ1n) is 12.9. The van der Waals surface area contributed by atoms with E-state index < -0.39 is 0 Å². The van der Waals surface area contributed by atoms with E-state index in [0.29, 0.717) is 25.1 Å². The number of hydrogen-bond acceptors (Lipinski definition) is 3. The lowest BCUT2D eigenvalue weighted by atomic mass is 10.1. The molecule has 198 valence electrons. The van der Waals surface area contributed by atoms with Crippen LogP contribution in [-0.4, -0.2) is 59.8 Å². The summed E-state index contributed by atoms with van der Waals surface area (Å²) in [7, 11) is 4.02. The minimum Gasteiger partial charge on any atom is -0.378 e. The number of H-pyrrole nitrogens is 1. The highest BCUT2D eigenvalue weighted by Gasteiger charge is 2.25. The van der Waals surface area contributed by atoms with Crippen LogP contribution in [0.4, 0.5) is 5.69 Å². The van der Waals surface area contributed by atoms with E-state index in [2.05, 4.69) is 62.2 Å². The van der Waals surface area contributed by atoms with Gasteiger partial charge in [-0.05, 0) is 73.9 Å². The number of aromatic nitrogens is 1. The lowest BCUT2D eigenvalue weighted by Gasteiger charge is -2.30. The van der Waals surface area contributed by atoms with Gasteiger partial charge >= 0.3 is 0 Å². The van der Waals surface area contributed by atoms with Crippen LogP contribution in [0, 0.1) is 0 Å². The van der Waals surface area contributed by atoms with Crippen molar-refractivity contribution >= 4 is 44.3 Å². The smallest absolute Gasteiger partial charge is 0.254 e. The minimum absolute atomic E-state index is 0.0240. The normalized spacial score (nSPS) is 11.1. The molecule has 6 nitrogen and oxygen atoms in total. The van der Waals surface area contributed by atoms with E-state index in [1.807, 2.05) is 63.3 Å². The van der Waals surface area contributed by atoms with E-state index in [-0.39, 0.29) is 24.4 Å². The molecule has 0 aliphatic rings.